The summed E-state index contributed by atoms with van der Waals surface area (Å²) in [6.07, 6.45) is 5.39. The average Bonchev–Trinajstić information content (AvgIpc) is 2.53. The zero-order valence-electron chi connectivity index (χ0n) is 10.7. The van der Waals surface area contributed by atoms with E-state index < -0.39 is 0 Å². The molecule has 1 fully saturated rings. The number of hydrogen-bond acceptors (Lipinski definition) is 2. The van der Waals surface area contributed by atoms with Crippen molar-refractivity contribution in [1.82, 2.24) is 0 Å². The van der Waals surface area contributed by atoms with E-state index in [1.165, 1.54) is 6.42 Å². The SMILES string of the molecule is CC1CCCC(C#N)(Nc2cccc(Br)c2)CC1. The highest BCUT2D eigenvalue weighted by Crippen LogP contribution is 2.33. The first-order valence-corrected chi connectivity index (χ1v) is 7.38. The van der Waals surface area contributed by atoms with E-state index in [0.29, 0.717) is 0 Å². The lowest BCUT2D eigenvalue weighted by Gasteiger charge is -2.27. The summed E-state index contributed by atoms with van der Waals surface area (Å²) >= 11 is 3.47. The Balaban J connectivity index is 2.15. The van der Waals surface area contributed by atoms with Gasteiger partial charge in [0.15, 0.2) is 0 Å². The Bertz CT molecular complexity index is 452. The van der Waals surface area contributed by atoms with Gasteiger partial charge in [-0.1, -0.05) is 35.3 Å². The van der Waals surface area contributed by atoms with Gasteiger partial charge in [-0.3, -0.25) is 0 Å². The quantitative estimate of drug-likeness (QED) is 0.802. The van der Waals surface area contributed by atoms with Crippen LogP contribution in [0.25, 0.3) is 0 Å². The number of nitrogens with zero attached hydrogens (tertiary/aromatic N) is 1. The van der Waals surface area contributed by atoms with Crippen molar-refractivity contribution >= 4 is 21.6 Å². The lowest BCUT2D eigenvalue weighted by molar-refractivity contribution is 0.479. The van der Waals surface area contributed by atoms with Gasteiger partial charge in [-0.2, -0.15) is 5.26 Å². The van der Waals surface area contributed by atoms with Crippen molar-refractivity contribution in [3.8, 4) is 6.07 Å². The highest BCUT2D eigenvalue weighted by atomic mass is 79.9. The molecule has 2 unspecified atom stereocenters. The molecule has 2 nitrogen and oxygen atoms in total. The summed E-state index contributed by atoms with van der Waals surface area (Å²) < 4.78 is 1.04. The second-order valence-corrected chi connectivity index (χ2v) is 6.28. The highest BCUT2D eigenvalue weighted by Gasteiger charge is 2.32. The Morgan fingerprint density at radius 1 is 1.39 bits per heavy atom. The van der Waals surface area contributed by atoms with Crippen molar-refractivity contribution in [2.24, 2.45) is 5.92 Å². The molecule has 1 aliphatic carbocycles. The van der Waals surface area contributed by atoms with Gasteiger partial charge in [0.05, 0.1) is 6.07 Å². The molecule has 0 aliphatic heterocycles. The van der Waals surface area contributed by atoms with Crippen LogP contribution in [0.2, 0.25) is 0 Å². The second-order valence-electron chi connectivity index (χ2n) is 5.37. The minimum absolute atomic E-state index is 0.383. The van der Waals surface area contributed by atoms with Crippen LogP contribution in [-0.4, -0.2) is 5.54 Å². The topological polar surface area (TPSA) is 35.8 Å². The normalized spacial score (nSPS) is 28.2. The molecule has 0 spiro atoms. The molecule has 0 bridgehead atoms. The Labute approximate surface area is 118 Å². The molecule has 1 aliphatic rings. The first-order chi connectivity index (χ1) is 8.63. The fourth-order valence-electron chi connectivity index (χ4n) is 2.62. The maximum atomic E-state index is 9.56. The zero-order valence-corrected chi connectivity index (χ0v) is 12.3. The van der Waals surface area contributed by atoms with Gasteiger partial charge in [0.2, 0.25) is 0 Å². The van der Waals surface area contributed by atoms with Gasteiger partial charge in [-0.25, -0.2) is 0 Å². The summed E-state index contributed by atoms with van der Waals surface area (Å²) in [6, 6.07) is 10.6. The van der Waals surface area contributed by atoms with Gasteiger partial charge in [0, 0.05) is 10.2 Å². The Hall–Kier alpha value is -1.01. The molecule has 0 heterocycles. The van der Waals surface area contributed by atoms with Crippen LogP contribution < -0.4 is 5.32 Å². The molecule has 1 N–H and O–H groups in total. The summed E-state index contributed by atoms with van der Waals surface area (Å²) in [5, 5.41) is 13.0. The molecule has 2 atom stereocenters. The van der Waals surface area contributed by atoms with E-state index in [4.69, 9.17) is 0 Å². The van der Waals surface area contributed by atoms with Crippen molar-refractivity contribution in [3.63, 3.8) is 0 Å². The molecule has 96 valence electrons. The van der Waals surface area contributed by atoms with Crippen LogP contribution in [0.1, 0.15) is 39.0 Å². The van der Waals surface area contributed by atoms with Crippen molar-refractivity contribution in [2.45, 2.75) is 44.6 Å². The third kappa shape index (κ3) is 3.26. The lowest BCUT2D eigenvalue weighted by Crippen LogP contribution is -2.36. The molecule has 0 saturated heterocycles. The Morgan fingerprint density at radius 3 is 2.94 bits per heavy atom. The largest absolute Gasteiger partial charge is 0.367 e. The highest BCUT2D eigenvalue weighted by molar-refractivity contribution is 9.10. The van der Waals surface area contributed by atoms with Gasteiger partial charge in [0.1, 0.15) is 5.54 Å². The summed E-state index contributed by atoms with van der Waals surface area (Å²) in [7, 11) is 0. The van der Waals surface area contributed by atoms with Crippen LogP contribution in [0, 0.1) is 17.2 Å². The molecule has 1 aromatic carbocycles. The van der Waals surface area contributed by atoms with Crippen LogP contribution in [0.3, 0.4) is 0 Å². The van der Waals surface area contributed by atoms with Gasteiger partial charge < -0.3 is 5.32 Å². The number of anilines is 1. The lowest BCUT2D eigenvalue weighted by atomic mass is 9.91. The first-order valence-electron chi connectivity index (χ1n) is 6.58. The summed E-state index contributed by atoms with van der Waals surface area (Å²) in [5.41, 5.74) is 0.645. The van der Waals surface area contributed by atoms with Gasteiger partial charge in [0.25, 0.3) is 0 Å². The van der Waals surface area contributed by atoms with E-state index in [1.807, 2.05) is 24.3 Å². The van der Waals surface area contributed by atoms with E-state index in [-0.39, 0.29) is 5.54 Å². The van der Waals surface area contributed by atoms with E-state index in [1.54, 1.807) is 0 Å². The van der Waals surface area contributed by atoms with Crippen LogP contribution in [-0.2, 0) is 0 Å². The molecule has 18 heavy (non-hydrogen) atoms. The molecule has 3 heteroatoms. The molecule has 2 rings (SSSR count). The number of halogens is 1. The van der Waals surface area contributed by atoms with Crippen LogP contribution in [0.5, 0.6) is 0 Å². The minimum atomic E-state index is -0.383. The second kappa shape index (κ2) is 5.75. The third-order valence-electron chi connectivity index (χ3n) is 3.79. The molecule has 0 aromatic heterocycles. The summed E-state index contributed by atoms with van der Waals surface area (Å²) in [4.78, 5) is 0. The summed E-state index contributed by atoms with van der Waals surface area (Å²) in [5.74, 6) is 0.740. The molecule has 1 saturated carbocycles. The molecule has 0 amide bonds. The first kappa shape index (κ1) is 13.4. The Kier molecular flexibility index (Phi) is 4.29. The smallest absolute Gasteiger partial charge is 0.125 e. The predicted octanol–water partition coefficient (Wildman–Crippen LogP) is 4.72. The standard InChI is InChI=1S/C15H19BrN2/c1-12-4-3-8-15(11-17,9-7-12)18-14-6-2-5-13(16)10-14/h2,5-6,10,12,18H,3-4,7-9H2,1H3. The van der Waals surface area contributed by atoms with Crippen molar-refractivity contribution < 1.29 is 0 Å². The number of nitrogens with one attached hydrogen (secondary N) is 1. The minimum Gasteiger partial charge on any atom is -0.367 e. The average molecular weight is 307 g/mol. The maximum Gasteiger partial charge on any atom is 0.125 e. The monoisotopic (exact) mass is 306 g/mol. The van der Waals surface area contributed by atoms with Gasteiger partial charge in [-0.05, 0) is 49.8 Å². The van der Waals surface area contributed by atoms with Crippen LogP contribution in [0.15, 0.2) is 28.7 Å². The van der Waals surface area contributed by atoms with Crippen LogP contribution >= 0.6 is 15.9 Å². The van der Waals surface area contributed by atoms with E-state index in [0.717, 1.165) is 41.8 Å². The number of nitriles is 1. The molecular formula is C15H19BrN2. The van der Waals surface area contributed by atoms with E-state index in [9.17, 15) is 5.26 Å². The fraction of sp³-hybridized carbons (Fsp3) is 0.533. The number of benzene rings is 1. The molecule has 1 aromatic rings. The van der Waals surface area contributed by atoms with Gasteiger partial charge >= 0.3 is 0 Å². The third-order valence-corrected chi connectivity index (χ3v) is 4.28. The van der Waals surface area contributed by atoms with Crippen molar-refractivity contribution in [3.05, 3.63) is 28.7 Å². The predicted molar refractivity (Wildman–Crippen MR) is 78.4 cm³/mol. The number of rotatable bonds is 2. The zero-order chi connectivity index (χ0) is 13.0. The van der Waals surface area contributed by atoms with Crippen molar-refractivity contribution in [1.29, 1.82) is 5.26 Å². The van der Waals surface area contributed by atoms with Crippen LogP contribution in [0.4, 0.5) is 5.69 Å². The Morgan fingerprint density at radius 2 is 2.22 bits per heavy atom. The molecule has 0 radical (unpaired) electrons. The maximum absolute atomic E-state index is 9.56. The van der Waals surface area contributed by atoms with E-state index in [2.05, 4.69) is 34.2 Å². The number of hydrogen-bond donors (Lipinski definition) is 1. The van der Waals surface area contributed by atoms with Crippen molar-refractivity contribution in [2.75, 3.05) is 5.32 Å². The fourth-order valence-corrected chi connectivity index (χ4v) is 3.02. The van der Waals surface area contributed by atoms with Gasteiger partial charge in [-0.15, -0.1) is 0 Å². The summed E-state index contributed by atoms with van der Waals surface area (Å²) in [6.45, 7) is 2.28. The molecular weight excluding hydrogens is 288 g/mol. The van der Waals surface area contributed by atoms with E-state index >= 15 is 0 Å².